The Morgan fingerprint density at radius 3 is 2.67 bits per heavy atom. The van der Waals surface area contributed by atoms with E-state index < -0.39 is 0 Å². The number of hydrogen-bond donors (Lipinski definition) is 1. The SMILES string of the molecule is O=C(c1cc(NCc2ccc(Cl)cc2)ccn1)N1CCc2ccccc2C1. The Kier molecular flexibility index (Phi) is 5.07. The van der Waals surface area contributed by atoms with E-state index in [-0.39, 0.29) is 5.91 Å². The summed E-state index contributed by atoms with van der Waals surface area (Å²) in [5.74, 6) is -0.0281. The maximum atomic E-state index is 12.9. The number of carbonyl (C=O) groups is 1. The van der Waals surface area contributed by atoms with Gasteiger partial charge in [0.25, 0.3) is 5.91 Å². The summed E-state index contributed by atoms with van der Waals surface area (Å²) < 4.78 is 0. The standard InChI is InChI=1S/C22H20ClN3O/c23-19-7-5-16(6-8-19)14-25-20-9-11-24-21(13-20)22(27)26-12-10-17-3-1-2-4-18(17)15-26/h1-9,11,13H,10,12,14-15H2,(H,24,25). The van der Waals surface area contributed by atoms with Gasteiger partial charge in [0.05, 0.1) is 0 Å². The highest BCUT2D eigenvalue weighted by atomic mass is 35.5. The van der Waals surface area contributed by atoms with Crippen LogP contribution in [-0.2, 0) is 19.5 Å². The van der Waals surface area contributed by atoms with Gasteiger partial charge in [0.15, 0.2) is 0 Å². The molecule has 0 spiro atoms. The van der Waals surface area contributed by atoms with Crippen LogP contribution in [0.1, 0.15) is 27.2 Å². The maximum absolute atomic E-state index is 12.9. The van der Waals surface area contributed by atoms with E-state index in [2.05, 4.69) is 22.4 Å². The van der Waals surface area contributed by atoms with E-state index >= 15 is 0 Å². The molecule has 1 aromatic heterocycles. The van der Waals surface area contributed by atoms with Crippen LogP contribution < -0.4 is 5.32 Å². The zero-order valence-electron chi connectivity index (χ0n) is 14.9. The molecule has 1 N–H and O–H groups in total. The molecule has 0 fully saturated rings. The van der Waals surface area contributed by atoms with Crippen molar-refractivity contribution in [2.45, 2.75) is 19.5 Å². The van der Waals surface area contributed by atoms with Crippen molar-refractivity contribution in [3.8, 4) is 0 Å². The molecule has 3 aromatic rings. The summed E-state index contributed by atoms with van der Waals surface area (Å²) in [4.78, 5) is 19.1. The Balaban J connectivity index is 1.44. The molecular weight excluding hydrogens is 358 g/mol. The molecule has 0 unspecified atom stereocenters. The third kappa shape index (κ3) is 4.12. The number of pyridine rings is 1. The van der Waals surface area contributed by atoms with Crippen LogP contribution in [-0.4, -0.2) is 22.3 Å². The molecule has 4 nitrogen and oxygen atoms in total. The second kappa shape index (κ2) is 7.80. The minimum absolute atomic E-state index is 0.0281. The van der Waals surface area contributed by atoms with E-state index in [9.17, 15) is 4.79 Å². The fourth-order valence-electron chi connectivity index (χ4n) is 3.29. The second-order valence-corrected chi connectivity index (χ2v) is 7.09. The van der Waals surface area contributed by atoms with E-state index in [0.29, 0.717) is 18.8 Å². The molecule has 1 amide bonds. The van der Waals surface area contributed by atoms with Crippen LogP contribution >= 0.6 is 11.6 Å². The molecule has 27 heavy (non-hydrogen) atoms. The van der Waals surface area contributed by atoms with Gasteiger partial charge in [-0.15, -0.1) is 0 Å². The molecule has 0 atom stereocenters. The van der Waals surface area contributed by atoms with Crippen molar-refractivity contribution in [2.75, 3.05) is 11.9 Å². The van der Waals surface area contributed by atoms with E-state index in [1.807, 2.05) is 53.4 Å². The molecule has 0 aliphatic carbocycles. The first-order valence-corrected chi connectivity index (χ1v) is 9.37. The Labute approximate surface area is 163 Å². The van der Waals surface area contributed by atoms with Gasteiger partial charge < -0.3 is 10.2 Å². The molecule has 2 aromatic carbocycles. The van der Waals surface area contributed by atoms with Crippen molar-refractivity contribution in [1.29, 1.82) is 0 Å². The summed E-state index contributed by atoms with van der Waals surface area (Å²) in [6.45, 7) is 2.02. The van der Waals surface area contributed by atoms with Crippen molar-refractivity contribution < 1.29 is 4.79 Å². The number of amides is 1. The number of anilines is 1. The first-order chi connectivity index (χ1) is 13.2. The lowest BCUT2D eigenvalue weighted by Gasteiger charge is -2.28. The number of aromatic nitrogens is 1. The van der Waals surface area contributed by atoms with Crippen molar-refractivity contribution >= 4 is 23.2 Å². The highest BCUT2D eigenvalue weighted by molar-refractivity contribution is 6.30. The fraction of sp³-hybridized carbons (Fsp3) is 0.182. The number of fused-ring (bicyclic) bond motifs is 1. The number of rotatable bonds is 4. The molecule has 5 heteroatoms. The minimum atomic E-state index is -0.0281. The predicted octanol–water partition coefficient (Wildman–Crippen LogP) is 4.55. The Bertz CT molecular complexity index is 956. The van der Waals surface area contributed by atoms with Gasteiger partial charge in [0.1, 0.15) is 5.69 Å². The van der Waals surface area contributed by atoms with Crippen molar-refractivity contribution in [1.82, 2.24) is 9.88 Å². The largest absolute Gasteiger partial charge is 0.381 e. The van der Waals surface area contributed by atoms with Crippen molar-refractivity contribution in [2.24, 2.45) is 0 Å². The molecular formula is C22H20ClN3O. The van der Waals surface area contributed by atoms with Gasteiger partial charge in [-0.25, -0.2) is 0 Å². The normalized spacial score (nSPS) is 13.1. The second-order valence-electron chi connectivity index (χ2n) is 6.66. The lowest BCUT2D eigenvalue weighted by molar-refractivity contribution is 0.0729. The quantitative estimate of drug-likeness (QED) is 0.725. The van der Waals surface area contributed by atoms with Crippen LogP contribution in [0.5, 0.6) is 0 Å². The minimum Gasteiger partial charge on any atom is -0.381 e. The van der Waals surface area contributed by atoms with Gasteiger partial charge in [-0.3, -0.25) is 9.78 Å². The number of nitrogens with one attached hydrogen (secondary N) is 1. The Hall–Kier alpha value is -2.85. The number of hydrogen-bond acceptors (Lipinski definition) is 3. The fourth-order valence-corrected chi connectivity index (χ4v) is 3.42. The van der Waals surface area contributed by atoms with Crippen molar-refractivity contribution in [3.63, 3.8) is 0 Å². The Morgan fingerprint density at radius 1 is 1.07 bits per heavy atom. The molecule has 1 aliphatic rings. The average molecular weight is 378 g/mol. The van der Waals surface area contributed by atoms with Crippen LogP contribution in [0.3, 0.4) is 0 Å². The summed E-state index contributed by atoms with van der Waals surface area (Å²) in [6.07, 6.45) is 2.56. The first-order valence-electron chi connectivity index (χ1n) is 8.99. The number of carbonyl (C=O) groups excluding carboxylic acids is 1. The summed E-state index contributed by atoms with van der Waals surface area (Å²) in [6, 6.07) is 19.7. The monoisotopic (exact) mass is 377 g/mol. The number of benzene rings is 2. The van der Waals surface area contributed by atoms with E-state index in [1.165, 1.54) is 11.1 Å². The van der Waals surface area contributed by atoms with Crippen LogP contribution in [0, 0.1) is 0 Å². The summed E-state index contributed by atoms with van der Waals surface area (Å²) in [7, 11) is 0. The van der Waals surface area contributed by atoms with E-state index in [4.69, 9.17) is 11.6 Å². The van der Waals surface area contributed by atoms with Gasteiger partial charge in [0.2, 0.25) is 0 Å². The first kappa shape index (κ1) is 17.6. The highest BCUT2D eigenvalue weighted by Gasteiger charge is 2.22. The molecule has 0 saturated heterocycles. The topological polar surface area (TPSA) is 45.2 Å². The lowest BCUT2D eigenvalue weighted by atomic mass is 10.00. The molecule has 2 heterocycles. The van der Waals surface area contributed by atoms with Crippen LogP contribution in [0.15, 0.2) is 66.9 Å². The van der Waals surface area contributed by atoms with E-state index in [1.54, 1.807) is 6.20 Å². The predicted molar refractivity (Wildman–Crippen MR) is 108 cm³/mol. The van der Waals surface area contributed by atoms with Gasteiger partial charge in [-0.2, -0.15) is 0 Å². The van der Waals surface area contributed by atoms with Gasteiger partial charge in [-0.05, 0) is 47.4 Å². The number of nitrogens with zero attached hydrogens (tertiary/aromatic N) is 2. The summed E-state index contributed by atoms with van der Waals surface area (Å²) >= 11 is 5.92. The summed E-state index contributed by atoms with van der Waals surface area (Å²) in [5, 5.41) is 4.06. The average Bonchev–Trinajstić information content (AvgIpc) is 2.72. The zero-order chi connectivity index (χ0) is 18.6. The van der Waals surface area contributed by atoms with E-state index in [0.717, 1.165) is 29.2 Å². The highest BCUT2D eigenvalue weighted by Crippen LogP contribution is 2.21. The number of halogens is 1. The van der Waals surface area contributed by atoms with Gasteiger partial charge in [-0.1, -0.05) is 48.0 Å². The molecule has 136 valence electrons. The molecule has 1 aliphatic heterocycles. The van der Waals surface area contributed by atoms with Crippen molar-refractivity contribution in [3.05, 3.63) is 94.3 Å². The molecule has 0 saturated carbocycles. The third-order valence-corrected chi connectivity index (χ3v) is 5.06. The van der Waals surface area contributed by atoms with Crippen LogP contribution in [0.4, 0.5) is 5.69 Å². The summed E-state index contributed by atoms with van der Waals surface area (Å²) in [5.41, 5.74) is 5.01. The molecule has 0 radical (unpaired) electrons. The lowest BCUT2D eigenvalue weighted by Crippen LogP contribution is -2.36. The molecule has 0 bridgehead atoms. The van der Waals surface area contributed by atoms with Gasteiger partial charge in [0, 0.05) is 36.5 Å². The molecule has 4 rings (SSSR count). The van der Waals surface area contributed by atoms with Gasteiger partial charge >= 0.3 is 0 Å². The van der Waals surface area contributed by atoms with Crippen LogP contribution in [0.2, 0.25) is 5.02 Å². The Morgan fingerprint density at radius 2 is 1.85 bits per heavy atom. The smallest absolute Gasteiger partial charge is 0.272 e. The zero-order valence-corrected chi connectivity index (χ0v) is 15.6. The maximum Gasteiger partial charge on any atom is 0.272 e. The van der Waals surface area contributed by atoms with Crippen LogP contribution in [0.25, 0.3) is 0 Å². The third-order valence-electron chi connectivity index (χ3n) is 4.81.